The average molecular weight is 323 g/mol. The van der Waals surface area contributed by atoms with Gasteiger partial charge in [0.2, 0.25) is 5.91 Å². The maximum absolute atomic E-state index is 12.6. The molecule has 0 aromatic heterocycles. The smallest absolute Gasteiger partial charge is 0.230 e. The van der Waals surface area contributed by atoms with Crippen molar-refractivity contribution in [3.05, 3.63) is 30.4 Å². The number of allylic oxidation sites excluding steroid dienone is 1. The van der Waals surface area contributed by atoms with E-state index >= 15 is 0 Å². The second-order valence-electron chi connectivity index (χ2n) is 5.80. The summed E-state index contributed by atoms with van der Waals surface area (Å²) < 4.78 is 29.0. The first-order valence-electron chi connectivity index (χ1n) is 7.13. The number of amides is 1. The topological polar surface area (TPSA) is 63.7 Å². The Labute approximate surface area is 131 Å². The summed E-state index contributed by atoms with van der Waals surface area (Å²) in [6.45, 7) is 8.40. The van der Waals surface area contributed by atoms with Crippen LogP contribution < -0.4 is 9.64 Å². The van der Waals surface area contributed by atoms with E-state index in [-0.39, 0.29) is 16.7 Å². The second kappa shape index (κ2) is 6.12. The molecule has 1 amide bonds. The van der Waals surface area contributed by atoms with Gasteiger partial charge in [-0.25, -0.2) is 8.42 Å². The first-order valence-corrected chi connectivity index (χ1v) is 9.02. The number of anilines is 1. The molecule has 1 atom stereocenters. The normalized spacial score (nSPS) is 15.7. The fourth-order valence-corrected chi connectivity index (χ4v) is 3.17. The first kappa shape index (κ1) is 16.5. The van der Waals surface area contributed by atoms with Gasteiger partial charge in [-0.3, -0.25) is 4.79 Å². The zero-order valence-electron chi connectivity index (χ0n) is 13.1. The lowest BCUT2D eigenvalue weighted by Gasteiger charge is -2.31. The number of hydrogen-bond donors (Lipinski definition) is 0. The predicted molar refractivity (Wildman–Crippen MR) is 86.0 cm³/mol. The van der Waals surface area contributed by atoms with Gasteiger partial charge in [0.05, 0.1) is 17.1 Å². The number of carbonyl (C=O) groups is 1. The molecule has 1 aromatic rings. The molecule has 0 saturated heterocycles. The molecular formula is C16H21NO4S. The number of sulfone groups is 1. The molecule has 0 aliphatic carbocycles. The summed E-state index contributed by atoms with van der Waals surface area (Å²) in [4.78, 5) is 14.4. The summed E-state index contributed by atoms with van der Waals surface area (Å²) in [5.74, 6) is 0.290. The average Bonchev–Trinajstić information content (AvgIpc) is 2.43. The Kier molecular flexibility index (Phi) is 4.60. The highest BCUT2D eigenvalue weighted by Gasteiger charge is 2.28. The third-order valence-electron chi connectivity index (χ3n) is 3.56. The Balaban J connectivity index is 2.38. The van der Waals surface area contributed by atoms with E-state index in [1.54, 1.807) is 11.0 Å². The summed E-state index contributed by atoms with van der Waals surface area (Å²) in [7, 11) is -3.33. The van der Waals surface area contributed by atoms with Gasteiger partial charge in [0.15, 0.2) is 9.84 Å². The van der Waals surface area contributed by atoms with Crippen molar-refractivity contribution in [3.8, 4) is 5.75 Å². The lowest BCUT2D eigenvalue weighted by atomic mass is 10.0. The summed E-state index contributed by atoms with van der Waals surface area (Å²) in [5.41, 5.74) is 1.46. The van der Waals surface area contributed by atoms with Crippen LogP contribution in [0.2, 0.25) is 0 Å². The molecule has 1 heterocycles. The van der Waals surface area contributed by atoms with Gasteiger partial charge in [-0.05, 0) is 31.5 Å². The molecule has 6 heteroatoms. The molecule has 120 valence electrons. The van der Waals surface area contributed by atoms with Crippen LogP contribution in [0.5, 0.6) is 5.75 Å². The van der Waals surface area contributed by atoms with Gasteiger partial charge in [0.1, 0.15) is 12.4 Å². The van der Waals surface area contributed by atoms with Crippen LogP contribution in [0.4, 0.5) is 5.69 Å². The number of rotatable bonds is 4. The third-order valence-corrected chi connectivity index (χ3v) is 4.67. The van der Waals surface area contributed by atoms with Gasteiger partial charge >= 0.3 is 0 Å². The Morgan fingerprint density at radius 2 is 2.14 bits per heavy atom. The van der Waals surface area contributed by atoms with E-state index in [4.69, 9.17) is 4.74 Å². The van der Waals surface area contributed by atoms with E-state index in [0.717, 1.165) is 11.8 Å². The summed E-state index contributed by atoms with van der Waals surface area (Å²) in [5, 5.41) is 0. The van der Waals surface area contributed by atoms with Crippen LogP contribution in [0.25, 0.3) is 0 Å². The van der Waals surface area contributed by atoms with Crippen molar-refractivity contribution >= 4 is 21.4 Å². The van der Waals surface area contributed by atoms with Crippen molar-refractivity contribution in [2.45, 2.75) is 25.2 Å². The zero-order chi connectivity index (χ0) is 16.5. The molecular weight excluding hydrogens is 302 g/mol. The molecule has 2 rings (SSSR count). The monoisotopic (exact) mass is 323 g/mol. The van der Waals surface area contributed by atoms with E-state index in [0.29, 0.717) is 31.0 Å². The van der Waals surface area contributed by atoms with Gasteiger partial charge in [0, 0.05) is 12.2 Å². The first-order chi connectivity index (χ1) is 10.2. The molecule has 0 fully saturated rings. The largest absolute Gasteiger partial charge is 0.490 e. The molecule has 5 nitrogen and oxygen atoms in total. The molecule has 0 N–H and O–H groups in total. The minimum absolute atomic E-state index is 0.0433. The molecule has 1 unspecified atom stereocenters. The molecule has 22 heavy (non-hydrogen) atoms. The number of ether oxygens (including phenoxy) is 1. The van der Waals surface area contributed by atoms with Gasteiger partial charge < -0.3 is 9.64 Å². The number of carbonyl (C=O) groups excluding carboxylic acids is 1. The highest BCUT2D eigenvalue weighted by molar-refractivity contribution is 7.90. The highest BCUT2D eigenvalue weighted by Crippen LogP contribution is 2.35. The van der Waals surface area contributed by atoms with Crippen LogP contribution in [0.3, 0.4) is 0 Å². The maximum atomic E-state index is 12.6. The van der Waals surface area contributed by atoms with Gasteiger partial charge in [-0.15, -0.1) is 6.58 Å². The van der Waals surface area contributed by atoms with E-state index in [1.807, 2.05) is 13.8 Å². The Hall–Kier alpha value is -1.82. The Morgan fingerprint density at radius 3 is 2.73 bits per heavy atom. The van der Waals surface area contributed by atoms with Crippen LogP contribution in [0.15, 0.2) is 35.2 Å². The van der Waals surface area contributed by atoms with E-state index in [2.05, 4.69) is 6.58 Å². The van der Waals surface area contributed by atoms with Gasteiger partial charge in [-0.1, -0.05) is 12.5 Å². The van der Waals surface area contributed by atoms with Crippen LogP contribution in [-0.4, -0.2) is 33.7 Å². The minimum atomic E-state index is -3.33. The summed E-state index contributed by atoms with van der Waals surface area (Å²) in [6, 6.07) is 4.61. The lowest BCUT2D eigenvalue weighted by Crippen LogP contribution is -2.41. The fraction of sp³-hybridized carbons (Fsp3) is 0.438. The quantitative estimate of drug-likeness (QED) is 0.798. The Bertz CT molecular complexity index is 709. The zero-order valence-corrected chi connectivity index (χ0v) is 13.9. The van der Waals surface area contributed by atoms with Crippen molar-refractivity contribution in [3.63, 3.8) is 0 Å². The van der Waals surface area contributed by atoms with E-state index < -0.39 is 9.84 Å². The number of hydrogen-bond acceptors (Lipinski definition) is 4. The van der Waals surface area contributed by atoms with Gasteiger partial charge in [0.25, 0.3) is 0 Å². The Morgan fingerprint density at radius 1 is 1.45 bits per heavy atom. The minimum Gasteiger partial charge on any atom is -0.490 e. The second-order valence-corrected chi connectivity index (χ2v) is 7.82. The summed E-state index contributed by atoms with van der Waals surface area (Å²) >= 11 is 0. The number of nitrogens with zero attached hydrogens (tertiary/aromatic N) is 1. The van der Waals surface area contributed by atoms with E-state index in [9.17, 15) is 13.2 Å². The molecule has 0 saturated carbocycles. The van der Waals surface area contributed by atoms with Crippen LogP contribution in [-0.2, 0) is 14.6 Å². The predicted octanol–water partition coefficient (Wildman–Crippen LogP) is 2.42. The molecule has 1 aliphatic heterocycles. The van der Waals surface area contributed by atoms with Gasteiger partial charge in [-0.2, -0.15) is 0 Å². The molecule has 0 spiro atoms. The lowest BCUT2D eigenvalue weighted by molar-refractivity contribution is -0.122. The van der Waals surface area contributed by atoms with Crippen molar-refractivity contribution in [2.24, 2.45) is 5.92 Å². The van der Waals surface area contributed by atoms with Crippen LogP contribution >= 0.6 is 0 Å². The van der Waals surface area contributed by atoms with Crippen molar-refractivity contribution in [1.29, 1.82) is 0 Å². The van der Waals surface area contributed by atoms with E-state index in [1.165, 1.54) is 12.1 Å². The highest BCUT2D eigenvalue weighted by atomic mass is 32.2. The number of benzene rings is 1. The molecule has 1 aliphatic rings. The molecule has 1 aromatic carbocycles. The molecule has 0 radical (unpaired) electrons. The number of fused-ring (bicyclic) bond motifs is 1. The van der Waals surface area contributed by atoms with Crippen molar-refractivity contribution < 1.29 is 17.9 Å². The van der Waals surface area contributed by atoms with Crippen molar-refractivity contribution in [2.75, 3.05) is 24.3 Å². The third kappa shape index (κ3) is 3.50. The fourth-order valence-electron chi connectivity index (χ4n) is 2.53. The SMILES string of the molecule is C=C(C)CC(C)C(=O)N1CCOc2ccc(S(C)(=O)=O)cc21. The van der Waals surface area contributed by atoms with Crippen LogP contribution in [0.1, 0.15) is 20.3 Å². The summed E-state index contributed by atoms with van der Waals surface area (Å²) in [6.07, 6.45) is 1.76. The van der Waals surface area contributed by atoms with Crippen molar-refractivity contribution in [1.82, 2.24) is 0 Å². The molecule has 0 bridgehead atoms. The van der Waals surface area contributed by atoms with Crippen LogP contribution in [0, 0.1) is 5.92 Å². The maximum Gasteiger partial charge on any atom is 0.230 e. The standard InChI is InChI=1S/C16H21NO4S/c1-11(2)9-12(3)16(18)17-7-8-21-15-6-5-13(10-14(15)17)22(4,19)20/h5-6,10,12H,1,7-9H2,2-4H3.